The van der Waals surface area contributed by atoms with E-state index in [9.17, 15) is 14.7 Å². The molecule has 0 aliphatic carbocycles. The third kappa shape index (κ3) is 8.26. The van der Waals surface area contributed by atoms with Crippen molar-refractivity contribution in [3.05, 3.63) is 48.0 Å². The van der Waals surface area contributed by atoms with E-state index >= 15 is 0 Å². The third-order valence-electron chi connectivity index (χ3n) is 5.28. The highest BCUT2D eigenvalue weighted by Crippen LogP contribution is 2.21. The molecule has 0 bridgehead atoms. The van der Waals surface area contributed by atoms with Gasteiger partial charge in [-0.25, -0.2) is 0 Å². The number of carbonyl (C=O) groups excluding carboxylic acids is 1. The Hall–Kier alpha value is -2.14. The topological polar surface area (TPSA) is 77.8 Å². The minimum Gasteiger partial charge on any atom is -0.481 e. The van der Waals surface area contributed by atoms with Crippen LogP contribution in [0.15, 0.2) is 42.5 Å². The number of hydrogen-bond donors (Lipinski definition) is 2. The molecule has 1 saturated heterocycles. The molecule has 5 nitrogen and oxygen atoms in total. The Morgan fingerprint density at radius 2 is 1.93 bits per heavy atom. The van der Waals surface area contributed by atoms with E-state index in [2.05, 4.69) is 12.1 Å². The molecule has 2 rings (SSSR count). The maximum absolute atomic E-state index is 12.3. The normalized spacial score (nSPS) is 18.5. The van der Waals surface area contributed by atoms with Gasteiger partial charge in [0, 0.05) is 19.4 Å². The quantitative estimate of drug-likeness (QED) is 0.420. The molecule has 1 aliphatic rings. The molecule has 0 saturated carbocycles. The van der Waals surface area contributed by atoms with Crippen LogP contribution >= 0.6 is 0 Å². The second-order valence-electron chi connectivity index (χ2n) is 7.58. The first-order chi connectivity index (χ1) is 13.6. The summed E-state index contributed by atoms with van der Waals surface area (Å²) in [5.41, 5.74) is 1.22. The molecule has 28 heavy (non-hydrogen) atoms. The van der Waals surface area contributed by atoms with Gasteiger partial charge in [-0.2, -0.15) is 0 Å². The van der Waals surface area contributed by atoms with E-state index in [1.165, 1.54) is 5.56 Å². The van der Waals surface area contributed by atoms with Gasteiger partial charge in [0.1, 0.15) is 0 Å². The zero-order valence-corrected chi connectivity index (χ0v) is 16.6. The maximum atomic E-state index is 12.3. The summed E-state index contributed by atoms with van der Waals surface area (Å²) in [6.07, 6.45) is 10.9. The van der Waals surface area contributed by atoms with Gasteiger partial charge in [-0.1, -0.05) is 55.3 Å². The number of nitrogens with zero attached hydrogens (tertiary/aromatic N) is 1. The lowest BCUT2D eigenvalue weighted by atomic mass is 9.99. The van der Waals surface area contributed by atoms with Crippen LogP contribution in [0.1, 0.15) is 63.4 Å². The Morgan fingerprint density at radius 3 is 2.68 bits per heavy atom. The molecule has 1 heterocycles. The predicted molar refractivity (Wildman–Crippen MR) is 110 cm³/mol. The first kappa shape index (κ1) is 22.2. The number of aliphatic hydroxyl groups excluding tert-OH is 1. The lowest BCUT2D eigenvalue weighted by Gasteiger charge is -2.34. The number of aliphatic hydroxyl groups is 1. The number of benzene rings is 1. The Balaban J connectivity index is 1.75. The van der Waals surface area contributed by atoms with Gasteiger partial charge in [-0.3, -0.25) is 9.59 Å². The number of likely N-dealkylation sites (tertiary alicyclic amines) is 1. The van der Waals surface area contributed by atoms with Crippen molar-refractivity contribution in [3.8, 4) is 0 Å². The fraction of sp³-hybridized carbons (Fsp3) is 0.565. The van der Waals surface area contributed by atoms with E-state index in [1.807, 2.05) is 35.3 Å². The zero-order chi connectivity index (χ0) is 20.2. The van der Waals surface area contributed by atoms with E-state index in [0.717, 1.165) is 38.5 Å². The molecule has 1 aliphatic heterocycles. The average Bonchev–Trinajstić information content (AvgIpc) is 2.69. The highest BCUT2D eigenvalue weighted by atomic mass is 16.4. The minimum absolute atomic E-state index is 0.0617. The first-order valence-electron chi connectivity index (χ1n) is 10.5. The van der Waals surface area contributed by atoms with Crippen molar-refractivity contribution < 1.29 is 19.8 Å². The van der Waals surface area contributed by atoms with Gasteiger partial charge in [0.15, 0.2) is 0 Å². The Kier molecular flexibility index (Phi) is 9.77. The summed E-state index contributed by atoms with van der Waals surface area (Å²) in [7, 11) is 0. The number of amides is 1. The summed E-state index contributed by atoms with van der Waals surface area (Å²) in [6.45, 7) is 0.709. The number of unbranched alkanes of at least 4 members (excludes halogenated alkanes) is 3. The lowest BCUT2D eigenvalue weighted by Crippen LogP contribution is -2.43. The molecule has 154 valence electrons. The van der Waals surface area contributed by atoms with E-state index in [0.29, 0.717) is 25.8 Å². The van der Waals surface area contributed by atoms with Crippen molar-refractivity contribution in [1.29, 1.82) is 0 Å². The van der Waals surface area contributed by atoms with Gasteiger partial charge in [0.05, 0.1) is 12.1 Å². The number of carboxylic acids is 1. The molecule has 0 radical (unpaired) electrons. The molecule has 0 spiro atoms. The van der Waals surface area contributed by atoms with Gasteiger partial charge in [0.25, 0.3) is 0 Å². The van der Waals surface area contributed by atoms with E-state index < -0.39 is 12.1 Å². The Bertz CT molecular complexity index is 629. The van der Waals surface area contributed by atoms with Crippen LogP contribution in [0.5, 0.6) is 0 Å². The molecular formula is C23H33NO4. The summed E-state index contributed by atoms with van der Waals surface area (Å²) in [4.78, 5) is 24.8. The standard InChI is InChI=1S/C23H33NO4/c25-21(16-14-19-9-4-3-5-10-19)17-15-20-11-8-12-22(26)24(20)18-7-2-1-6-13-23(27)28/h3-5,9-10,15,17,20-21,25H,1-2,6-8,11-14,16,18H2,(H,27,28)/b17-15+/t20-,21?/m1/s1. The fourth-order valence-corrected chi connectivity index (χ4v) is 3.66. The summed E-state index contributed by atoms with van der Waals surface area (Å²) in [5, 5.41) is 18.9. The van der Waals surface area contributed by atoms with E-state index in [4.69, 9.17) is 5.11 Å². The molecule has 1 amide bonds. The molecule has 2 atom stereocenters. The number of rotatable bonds is 12. The van der Waals surface area contributed by atoms with Crippen LogP contribution in [0.25, 0.3) is 0 Å². The second kappa shape index (κ2) is 12.3. The molecular weight excluding hydrogens is 354 g/mol. The summed E-state index contributed by atoms with van der Waals surface area (Å²) >= 11 is 0. The van der Waals surface area contributed by atoms with Crippen molar-refractivity contribution in [1.82, 2.24) is 4.90 Å². The van der Waals surface area contributed by atoms with Crippen LogP contribution < -0.4 is 0 Å². The molecule has 5 heteroatoms. The number of carbonyl (C=O) groups is 2. The Morgan fingerprint density at radius 1 is 1.18 bits per heavy atom. The van der Waals surface area contributed by atoms with Crippen LogP contribution in [0.2, 0.25) is 0 Å². The lowest BCUT2D eigenvalue weighted by molar-refractivity contribution is -0.137. The minimum atomic E-state index is -0.748. The number of carboxylic acid groups (broad SMARTS) is 1. The molecule has 2 N–H and O–H groups in total. The summed E-state index contributed by atoms with van der Waals surface area (Å²) in [6, 6.07) is 10.2. The maximum Gasteiger partial charge on any atom is 0.303 e. The Labute approximate surface area is 168 Å². The highest BCUT2D eigenvalue weighted by Gasteiger charge is 2.25. The van der Waals surface area contributed by atoms with Crippen LogP contribution in [0, 0.1) is 0 Å². The van der Waals surface area contributed by atoms with Gasteiger partial charge in [-0.05, 0) is 44.1 Å². The SMILES string of the molecule is O=C(O)CCCCCCN1C(=O)CCC[C@@H]1/C=C/C(O)CCc1ccccc1. The second-order valence-corrected chi connectivity index (χ2v) is 7.58. The predicted octanol–water partition coefficient (Wildman–Crippen LogP) is 3.95. The van der Waals surface area contributed by atoms with Crippen LogP contribution in [0.3, 0.4) is 0 Å². The largest absolute Gasteiger partial charge is 0.481 e. The van der Waals surface area contributed by atoms with Crippen molar-refractivity contribution in [2.24, 2.45) is 0 Å². The monoisotopic (exact) mass is 387 g/mol. The van der Waals surface area contributed by atoms with Gasteiger partial charge in [-0.15, -0.1) is 0 Å². The fourth-order valence-electron chi connectivity index (χ4n) is 3.66. The van der Waals surface area contributed by atoms with Crippen molar-refractivity contribution >= 4 is 11.9 Å². The highest BCUT2D eigenvalue weighted by molar-refractivity contribution is 5.77. The smallest absolute Gasteiger partial charge is 0.303 e. The average molecular weight is 388 g/mol. The number of hydrogen-bond acceptors (Lipinski definition) is 3. The summed E-state index contributed by atoms with van der Waals surface area (Å²) < 4.78 is 0. The van der Waals surface area contributed by atoms with Gasteiger partial charge in [0.2, 0.25) is 5.91 Å². The molecule has 1 aromatic carbocycles. The molecule has 1 aromatic rings. The molecule has 1 unspecified atom stereocenters. The third-order valence-corrected chi connectivity index (χ3v) is 5.28. The van der Waals surface area contributed by atoms with Crippen LogP contribution in [-0.4, -0.2) is 45.7 Å². The molecule has 1 fully saturated rings. The van der Waals surface area contributed by atoms with Crippen molar-refractivity contribution in [2.75, 3.05) is 6.54 Å². The van der Waals surface area contributed by atoms with Crippen molar-refractivity contribution in [3.63, 3.8) is 0 Å². The van der Waals surface area contributed by atoms with Gasteiger partial charge < -0.3 is 15.1 Å². The summed E-state index contributed by atoms with van der Waals surface area (Å²) in [5.74, 6) is -0.563. The number of aliphatic carboxylic acids is 1. The number of aryl methyl sites for hydroxylation is 1. The van der Waals surface area contributed by atoms with Gasteiger partial charge >= 0.3 is 5.97 Å². The van der Waals surface area contributed by atoms with Crippen molar-refractivity contribution in [2.45, 2.75) is 76.4 Å². The number of piperidine rings is 1. The van der Waals surface area contributed by atoms with E-state index in [-0.39, 0.29) is 18.4 Å². The first-order valence-corrected chi connectivity index (χ1v) is 10.5. The molecule has 0 aromatic heterocycles. The van der Waals surface area contributed by atoms with Crippen LogP contribution in [0.4, 0.5) is 0 Å². The van der Waals surface area contributed by atoms with Crippen LogP contribution in [-0.2, 0) is 16.0 Å². The van der Waals surface area contributed by atoms with E-state index in [1.54, 1.807) is 0 Å². The zero-order valence-electron chi connectivity index (χ0n) is 16.6.